The zero-order valence-electron chi connectivity index (χ0n) is 15.4. The van der Waals surface area contributed by atoms with Crippen LogP contribution in [0, 0.1) is 13.8 Å². The van der Waals surface area contributed by atoms with Crippen molar-refractivity contribution >= 4 is 39.2 Å². The number of pyridine rings is 1. The maximum Gasteiger partial charge on any atom is 0.316 e. The Morgan fingerprint density at radius 1 is 1.38 bits per heavy atom. The van der Waals surface area contributed by atoms with Crippen LogP contribution in [0.3, 0.4) is 0 Å². The molecule has 0 spiro atoms. The number of hydrogen-bond acceptors (Lipinski definition) is 6. The van der Waals surface area contributed by atoms with Gasteiger partial charge in [-0.3, -0.25) is 19.8 Å². The Kier molecular flexibility index (Phi) is 4.53. The predicted molar refractivity (Wildman–Crippen MR) is 110 cm³/mol. The molecule has 0 N–H and O–H groups in total. The third kappa shape index (κ3) is 3.50. The summed E-state index contributed by atoms with van der Waals surface area (Å²) < 4.78 is 23.9. The lowest BCUT2D eigenvalue weighted by Crippen LogP contribution is -2.18. The number of nitro groups is 1. The molecule has 0 radical (unpaired) electrons. The van der Waals surface area contributed by atoms with E-state index in [0.29, 0.717) is 30.7 Å². The van der Waals surface area contributed by atoms with Gasteiger partial charge < -0.3 is 4.74 Å². The number of alkyl halides is 1. The van der Waals surface area contributed by atoms with Crippen molar-refractivity contribution in [2.45, 2.75) is 50.5 Å². The molecule has 1 unspecified atom stereocenters. The van der Waals surface area contributed by atoms with Crippen LogP contribution in [0.15, 0.2) is 18.5 Å². The molecule has 5 rings (SSSR count). The largest absolute Gasteiger partial charge is 0.357 e. The summed E-state index contributed by atoms with van der Waals surface area (Å²) in [4.78, 5) is 15.6. The maximum absolute atomic E-state index is 14.3. The van der Waals surface area contributed by atoms with E-state index in [0.717, 1.165) is 28.3 Å². The summed E-state index contributed by atoms with van der Waals surface area (Å²) in [6.45, 7) is 0.781. The van der Waals surface area contributed by atoms with Crippen molar-refractivity contribution < 1.29 is 14.1 Å². The first-order valence-corrected chi connectivity index (χ1v) is 10.6. The molecule has 1 saturated heterocycles. The molecule has 11 heteroatoms. The fourth-order valence-electron chi connectivity index (χ4n) is 3.62. The van der Waals surface area contributed by atoms with E-state index >= 15 is 0 Å². The molecule has 29 heavy (non-hydrogen) atoms. The normalized spacial score (nSPS) is 20.8. The van der Waals surface area contributed by atoms with Gasteiger partial charge in [-0.2, -0.15) is 10.2 Å². The highest BCUT2D eigenvalue weighted by atomic mass is 127. The standard InChI is InChI=1S/C18H18FIN6O3/c19-18(4-5-18)10-25-13-7-12(21-8-11(13)17(20)23-25)16-14(26(27)28)9-24(22-16)15-3-1-2-6-29-15/h7-9,15H,1-6,10H2. The van der Waals surface area contributed by atoms with E-state index in [1.165, 1.54) is 10.9 Å². The lowest BCUT2D eigenvalue weighted by atomic mass is 10.2. The molecule has 3 aromatic heterocycles. The molecule has 1 atom stereocenters. The van der Waals surface area contributed by atoms with Crippen LogP contribution in [0.1, 0.15) is 38.3 Å². The molecule has 2 aliphatic rings. The van der Waals surface area contributed by atoms with Gasteiger partial charge >= 0.3 is 5.69 Å². The van der Waals surface area contributed by atoms with Crippen LogP contribution in [-0.2, 0) is 11.3 Å². The van der Waals surface area contributed by atoms with Gasteiger partial charge in [0, 0.05) is 12.8 Å². The molecule has 9 nitrogen and oxygen atoms in total. The molecule has 0 amide bonds. The number of nitrogens with zero attached hydrogens (tertiary/aromatic N) is 6. The van der Waals surface area contributed by atoms with Gasteiger partial charge in [-0.25, -0.2) is 9.07 Å². The Morgan fingerprint density at radius 3 is 2.90 bits per heavy atom. The molecule has 0 bridgehead atoms. The lowest BCUT2D eigenvalue weighted by Gasteiger charge is -2.22. The fourth-order valence-corrected chi connectivity index (χ4v) is 4.30. The second kappa shape index (κ2) is 6.97. The zero-order valence-corrected chi connectivity index (χ0v) is 17.6. The first-order chi connectivity index (χ1) is 13.9. The first kappa shape index (κ1) is 18.9. The van der Waals surface area contributed by atoms with E-state index in [1.54, 1.807) is 16.9 Å². The SMILES string of the molecule is O=[N+]([O-])c1cn(C2CCCCO2)nc1-c1cc2c(cn1)c(I)nn2CC1(F)CC1. The first-order valence-electron chi connectivity index (χ1n) is 9.50. The van der Waals surface area contributed by atoms with E-state index in [4.69, 9.17) is 4.74 Å². The molecule has 0 aromatic carbocycles. The highest BCUT2D eigenvalue weighted by Crippen LogP contribution is 2.42. The average molecular weight is 512 g/mol. The highest BCUT2D eigenvalue weighted by molar-refractivity contribution is 14.1. The molecular formula is C18H18FIN6O3. The van der Waals surface area contributed by atoms with E-state index in [9.17, 15) is 14.5 Å². The van der Waals surface area contributed by atoms with E-state index in [2.05, 4.69) is 37.8 Å². The van der Waals surface area contributed by atoms with Gasteiger partial charge in [-0.1, -0.05) is 0 Å². The van der Waals surface area contributed by atoms with E-state index in [-0.39, 0.29) is 24.2 Å². The van der Waals surface area contributed by atoms with Gasteiger partial charge in [0.1, 0.15) is 21.8 Å². The van der Waals surface area contributed by atoms with Crippen LogP contribution < -0.4 is 0 Å². The number of rotatable bonds is 5. The van der Waals surface area contributed by atoms with Crippen LogP contribution in [0.5, 0.6) is 0 Å². The van der Waals surface area contributed by atoms with Crippen LogP contribution in [-0.4, -0.2) is 41.7 Å². The van der Waals surface area contributed by atoms with Gasteiger partial charge in [0.25, 0.3) is 0 Å². The Morgan fingerprint density at radius 2 is 2.21 bits per heavy atom. The number of halogens is 2. The molecule has 1 saturated carbocycles. The average Bonchev–Trinajstić information content (AvgIpc) is 3.15. The van der Waals surface area contributed by atoms with E-state index < -0.39 is 10.6 Å². The monoisotopic (exact) mass is 512 g/mol. The summed E-state index contributed by atoms with van der Waals surface area (Å²) in [7, 11) is 0. The molecular weight excluding hydrogens is 494 g/mol. The molecule has 1 aliphatic heterocycles. The van der Waals surface area contributed by atoms with Crippen LogP contribution in [0.2, 0.25) is 0 Å². The minimum Gasteiger partial charge on any atom is -0.357 e. The maximum atomic E-state index is 14.3. The van der Waals surface area contributed by atoms with Gasteiger partial charge in [-0.15, -0.1) is 0 Å². The molecule has 1 aliphatic carbocycles. The fraction of sp³-hybridized carbons (Fsp3) is 0.500. The van der Waals surface area contributed by atoms with Crippen molar-refractivity contribution in [3.05, 3.63) is 32.3 Å². The second-order valence-electron chi connectivity index (χ2n) is 7.61. The topological polar surface area (TPSA) is 101 Å². The van der Waals surface area contributed by atoms with E-state index in [1.807, 2.05) is 0 Å². The Balaban J connectivity index is 1.58. The third-order valence-electron chi connectivity index (χ3n) is 5.42. The smallest absolute Gasteiger partial charge is 0.316 e. The van der Waals surface area contributed by atoms with Crippen molar-refractivity contribution in [1.82, 2.24) is 24.5 Å². The van der Waals surface area contributed by atoms with Crippen LogP contribution >= 0.6 is 22.6 Å². The number of fused-ring (bicyclic) bond motifs is 1. The Bertz CT molecular complexity index is 1100. The minimum atomic E-state index is -1.21. The zero-order chi connectivity index (χ0) is 20.2. The summed E-state index contributed by atoms with van der Waals surface area (Å²) in [5, 5.41) is 21.3. The molecule has 152 valence electrons. The Hall–Kier alpha value is -2.15. The van der Waals surface area contributed by atoms with Gasteiger partial charge in [0.15, 0.2) is 5.69 Å². The van der Waals surface area contributed by atoms with Crippen LogP contribution in [0.25, 0.3) is 22.3 Å². The summed E-state index contributed by atoms with van der Waals surface area (Å²) in [5.41, 5.74) is -0.107. The predicted octanol–water partition coefficient (Wildman–Crippen LogP) is 4.01. The van der Waals surface area contributed by atoms with Crippen molar-refractivity contribution in [2.24, 2.45) is 0 Å². The van der Waals surface area contributed by atoms with Crippen molar-refractivity contribution in [3.63, 3.8) is 0 Å². The third-order valence-corrected chi connectivity index (χ3v) is 6.22. The van der Waals surface area contributed by atoms with Gasteiger partial charge in [0.05, 0.1) is 28.1 Å². The number of ether oxygens (including phenoxy) is 1. The van der Waals surface area contributed by atoms with Gasteiger partial charge in [0.2, 0.25) is 0 Å². The van der Waals surface area contributed by atoms with Crippen molar-refractivity contribution in [1.29, 1.82) is 0 Å². The highest BCUT2D eigenvalue weighted by Gasteiger charge is 2.44. The summed E-state index contributed by atoms with van der Waals surface area (Å²) >= 11 is 2.09. The number of aromatic nitrogens is 5. The summed E-state index contributed by atoms with van der Waals surface area (Å²) in [5.74, 6) is 0. The molecule has 2 fully saturated rings. The number of hydrogen-bond donors (Lipinski definition) is 0. The minimum absolute atomic E-state index is 0.129. The van der Waals surface area contributed by atoms with Crippen molar-refractivity contribution in [2.75, 3.05) is 6.61 Å². The second-order valence-corrected chi connectivity index (χ2v) is 8.63. The lowest BCUT2D eigenvalue weighted by molar-refractivity contribution is -0.384. The van der Waals surface area contributed by atoms with Gasteiger partial charge in [-0.05, 0) is 60.8 Å². The molecule has 4 heterocycles. The summed E-state index contributed by atoms with van der Waals surface area (Å²) in [6.07, 6.45) is 6.48. The Labute approximate surface area is 178 Å². The van der Waals surface area contributed by atoms with Crippen molar-refractivity contribution in [3.8, 4) is 11.4 Å². The van der Waals surface area contributed by atoms with Crippen LogP contribution in [0.4, 0.5) is 10.1 Å². The quantitative estimate of drug-likeness (QED) is 0.291. The molecule has 3 aromatic rings. The summed E-state index contributed by atoms with van der Waals surface area (Å²) in [6, 6.07) is 1.71.